The van der Waals surface area contributed by atoms with Gasteiger partial charge in [0.05, 0.1) is 38.8 Å². The first-order valence-corrected chi connectivity index (χ1v) is 15.8. The molecule has 0 spiro atoms. The monoisotopic (exact) mass is 785 g/mol. The lowest BCUT2D eigenvalue weighted by Gasteiger charge is -2.13. The number of nitrogens with one attached hydrogen (secondary N) is 1. The Morgan fingerprint density at radius 2 is 1.59 bits per heavy atom. The maximum absolute atomic E-state index is 13.3. The first-order valence-electron chi connectivity index (χ1n) is 10.8. The standard InChI is InChI=1S/C25H15Br4N3O3S2/c1-11(12-5-3-2-4-6-12)30-16(33)10-36-25-31-14-8-7-13(9-15(14)37-25)32-23(34)17-18(24(32)35)20(27)22(29)21(28)19(17)26/h2-9,11H,10H2,1H3,(H,30,33)/t11-/m0/s1. The third kappa shape index (κ3) is 5.08. The quantitative estimate of drug-likeness (QED) is 0.0925. The molecule has 4 aromatic rings. The van der Waals surface area contributed by atoms with E-state index in [1.165, 1.54) is 28.0 Å². The lowest BCUT2D eigenvalue weighted by atomic mass is 10.1. The van der Waals surface area contributed by atoms with E-state index in [1.807, 2.05) is 37.3 Å². The number of amides is 3. The van der Waals surface area contributed by atoms with Crippen molar-refractivity contribution in [1.82, 2.24) is 10.3 Å². The van der Waals surface area contributed by atoms with Crippen LogP contribution in [0.25, 0.3) is 10.2 Å². The first kappa shape index (κ1) is 27.0. The fourth-order valence-electron chi connectivity index (χ4n) is 3.91. The first-order chi connectivity index (χ1) is 17.7. The zero-order valence-electron chi connectivity index (χ0n) is 18.9. The molecule has 1 aromatic heterocycles. The van der Waals surface area contributed by atoms with Gasteiger partial charge in [0.15, 0.2) is 4.34 Å². The highest BCUT2D eigenvalue weighted by atomic mass is 79.9. The van der Waals surface area contributed by atoms with E-state index >= 15 is 0 Å². The van der Waals surface area contributed by atoms with Gasteiger partial charge in [0.1, 0.15) is 0 Å². The molecule has 0 saturated carbocycles. The van der Waals surface area contributed by atoms with Crippen molar-refractivity contribution < 1.29 is 14.4 Å². The Labute approximate surface area is 254 Å². The van der Waals surface area contributed by atoms with Crippen LogP contribution >= 0.6 is 86.8 Å². The molecule has 6 nitrogen and oxygen atoms in total. The minimum atomic E-state index is -0.413. The number of carbonyl (C=O) groups is 3. The number of nitrogens with zero attached hydrogens (tertiary/aromatic N) is 2. The van der Waals surface area contributed by atoms with Crippen LogP contribution in [0, 0.1) is 0 Å². The SMILES string of the molecule is C[C@H](NC(=O)CSc1nc2ccc(N3C(=O)c4c(Br)c(Br)c(Br)c(Br)c4C3=O)cc2s1)c1ccccc1. The van der Waals surface area contributed by atoms with Crippen LogP contribution in [-0.4, -0.2) is 28.5 Å². The fourth-order valence-corrected chi connectivity index (χ4v) is 8.28. The van der Waals surface area contributed by atoms with Crippen molar-refractivity contribution in [2.75, 3.05) is 10.7 Å². The van der Waals surface area contributed by atoms with E-state index in [9.17, 15) is 14.4 Å². The molecule has 0 aliphatic carbocycles. The highest BCUT2D eigenvalue weighted by Crippen LogP contribution is 2.46. The molecule has 1 N–H and O–H groups in total. The molecule has 0 unspecified atom stereocenters. The Morgan fingerprint density at radius 3 is 2.22 bits per heavy atom. The summed E-state index contributed by atoms with van der Waals surface area (Å²) in [6.45, 7) is 1.95. The van der Waals surface area contributed by atoms with Gasteiger partial charge in [-0.25, -0.2) is 9.88 Å². The Morgan fingerprint density at radius 1 is 0.973 bits per heavy atom. The average Bonchev–Trinajstić information content (AvgIpc) is 3.42. The summed E-state index contributed by atoms with van der Waals surface area (Å²) in [6.07, 6.45) is 0. The number of hydrogen-bond donors (Lipinski definition) is 1. The van der Waals surface area contributed by atoms with Gasteiger partial charge >= 0.3 is 0 Å². The molecule has 1 aliphatic heterocycles. The van der Waals surface area contributed by atoms with E-state index in [0.717, 1.165) is 20.1 Å². The highest BCUT2D eigenvalue weighted by Gasteiger charge is 2.42. The largest absolute Gasteiger partial charge is 0.349 e. The predicted octanol–water partition coefficient (Wildman–Crippen LogP) is 8.12. The number of aromatic nitrogens is 1. The highest BCUT2D eigenvalue weighted by molar-refractivity contribution is 9.15. The summed E-state index contributed by atoms with van der Waals surface area (Å²) in [4.78, 5) is 44.9. The summed E-state index contributed by atoms with van der Waals surface area (Å²) >= 11 is 16.6. The minimum Gasteiger partial charge on any atom is -0.349 e. The zero-order valence-corrected chi connectivity index (χ0v) is 26.8. The molecule has 0 saturated heterocycles. The predicted molar refractivity (Wildman–Crippen MR) is 162 cm³/mol. The molecule has 3 amide bonds. The number of carbonyl (C=O) groups excluding carboxylic acids is 3. The molecule has 188 valence electrons. The number of anilines is 1. The van der Waals surface area contributed by atoms with Gasteiger partial charge in [0.25, 0.3) is 11.8 Å². The molecule has 5 rings (SSSR count). The average molecular weight is 789 g/mol. The van der Waals surface area contributed by atoms with E-state index in [-0.39, 0.29) is 17.7 Å². The molecule has 12 heteroatoms. The number of benzene rings is 3. The van der Waals surface area contributed by atoms with Gasteiger partial charge in [-0.15, -0.1) is 11.3 Å². The second-order valence-corrected chi connectivity index (χ2v) is 13.5. The number of rotatable bonds is 6. The van der Waals surface area contributed by atoms with Crippen molar-refractivity contribution in [3.8, 4) is 0 Å². The molecule has 3 aromatic carbocycles. The minimum absolute atomic E-state index is 0.0826. The molecule has 0 bridgehead atoms. The number of hydrogen-bond acceptors (Lipinski definition) is 6. The van der Waals surface area contributed by atoms with E-state index in [2.05, 4.69) is 74.0 Å². The number of thioether (sulfide) groups is 1. The summed E-state index contributed by atoms with van der Waals surface area (Å²) in [7, 11) is 0. The zero-order chi connectivity index (χ0) is 26.4. The van der Waals surface area contributed by atoms with Crippen molar-refractivity contribution in [2.24, 2.45) is 0 Å². The van der Waals surface area contributed by atoms with Crippen molar-refractivity contribution in [2.45, 2.75) is 17.3 Å². The molecule has 37 heavy (non-hydrogen) atoms. The van der Waals surface area contributed by atoms with Crippen LogP contribution in [0.15, 0.2) is 70.8 Å². The second-order valence-electron chi connectivity index (χ2n) is 8.07. The smallest absolute Gasteiger partial charge is 0.267 e. The number of halogens is 4. The Balaban J connectivity index is 1.33. The van der Waals surface area contributed by atoms with Crippen molar-refractivity contribution in [1.29, 1.82) is 0 Å². The molecule has 1 atom stereocenters. The van der Waals surface area contributed by atoms with Gasteiger partial charge in [-0.3, -0.25) is 14.4 Å². The van der Waals surface area contributed by atoms with E-state index in [0.29, 0.717) is 34.7 Å². The van der Waals surface area contributed by atoms with Crippen LogP contribution in [0.3, 0.4) is 0 Å². The van der Waals surface area contributed by atoms with Crippen LogP contribution in [0.2, 0.25) is 0 Å². The molecular formula is C25H15Br4N3O3S2. The maximum atomic E-state index is 13.3. The van der Waals surface area contributed by atoms with Crippen molar-refractivity contribution >= 4 is 120 Å². The summed E-state index contributed by atoms with van der Waals surface area (Å²) < 4.78 is 3.85. The van der Waals surface area contributed by atoms with Crippen LogP contribution in [0.4, 0.5) is 5.69 Å². The van der Waals surface area contributed by atoms with Crippen LogP contribution in [0.1, 0.15) is 39.2 Å². The van der Waals surface area contributed by atoms with Crippen LogP contribution in [-0.2, 0) is 4.79 Å². The van der Waals surface area contributed by atoms with Gasteiger partial charge in [-0.05, 0) is 94.4 Å². The molecule has 0 fully saturated rings. The van der Waals surface area contributed by atoms with Crippen LogP contribution < -0.4 is 10.2 Å². The number of fused-ring (bicyclic) bond motifs is 2. The fraction of sp³-hybridized carbons (Fsp3) is 0.120. The van der Waals surface area contributed by atoms with Crippen molar-refractivity contribution in [3.63, 3.8) is 0 Å². The Hall–Kier alpha value is -1.57. The van der Waals surface area contributed by atoms with Crippen LogP contribution in [0.5, 0.6) is 0 Å². The van der Waals surface area contributed by atoms with Gasteiger partial charge in [0, 0.05) is 17.9 Å². The van der Waals surface area contributed by atoms with E-state index in [4.69, 9.17) is 0 Å². The summed E-state index contributed by atoms with van der Waals surface area (Å²) in [5.41, 5.74) is 2.82. The summed E-state index contributed by atoms with van der Waals surface area (Å²) in [5, 5.41) is 3.00. The third-order valence-electron chi connectivity index (χ3n) is 5.72. The number of imide groups is 1. The summed E-state index contributed by atoms with van der Waals surface area (Å²) in [6, 6.07) is 15.0. The third-order valence-corrected chi connectivity index (χ3v) is 12.6. The lowest BCUT2D eigenvalue weighted by Crippen LogP contribution is -2.29. The molecular weight excluding hydrogens is 774 g/mol. The lowest BCUT2D eigenvalue weighted by molar-refractivity contribution is -0.119. The van der Waals surface area contributed by atoms with Gasteiger partial charge < -0.3 is 5.32 Å². The molecule has 0 radical (unpaired) electrons. The van der Waals surface area contributed by atoms with Gasteiger partial charge in [-0.1, -0.05) is 42.1 Å². The second kappa shape index (κ2) is 10.9. The Kier molecular flexibility index (Phi) is 7.95. The topological polar surface area (TPSA) is 79.4 Å². The molecule has 1 aliphatic rings. The normalized spacial score (nSPS) is 13.8. The molecule has 2 heterocycles. The maximum Gasteiger partial charge on any atom is 0.267 e. The van der Waals surface area contributed by atoms with E-state index < -0.39 is 11.8 Å². The van der Waals surface area contributed by atoms with Gasteiger partial charge in [-0.2, -0.15) is 0 Å². The summed E-state index contributed by atoms with van der Waals surface area (Å²) in [5.74, 6) is -0.679. The Bertz CT molecular complexity index is 1550. The van der Waals surface area contributed by atoms with Crippen molar-refractivity contribution in [3.05, 3.63) is 83.1 Å². The number of thiazole rings is 1. The van der Waals surface area contributed by atoms with E-state index in [1.54, 1.807) is 18.2 Å². The van der Waals surface area contributed by atoms with Gasteiger partial charge in [0.2, 0.25) is 5.91 Å².